The molecule has 0 saturated heterocycles. The van der Waals surface area contributed by atoms with Crippen molar-refractivity contribution in [3.63, 3.8) is 0 Å². The Hall–Kier alpha value is -2.61. The number of benzene rings is 1. The number of rotatable bonds is 10. The van der Waals surface area contributed by atoms with E-state index < -0.39 is 23.6 Å². The Morgan fingerprint density at radius 2 is 1.72 bits per heavy atom. The van der Waals surface area contributed by atoms with Crippen LogP contribution in [0.5, 0.6) is 0 Å². The molecule has 0 aliphatic heterocycles. The number of aliphatic hydroxyl groups excluding tert-OH is 1. The van der Waals surface area contributed by atoms with E-state index in [0.29, 0.717) is 5.56 Å². The van der Waals surface area contributed by atoms with E-state index in [2.05, 4.69) is 10.6 Å². The van der Waals surface area contributed by atoms with Gasteiger partial charge in [0.05, 0.1) is 6.61 Å². The van der Waals surface area contributed by atoms with Gasteiger partial charge in [-0.05, 0) is 53.5 Å². The molecule has 2 atom stereocenters. The Kier molecular flexibility index (Phi) is 10.7. The Balaban J connectivity index is 3.21. The zero-order chi connectivity index (χ0) is 24.5. The Labute approximate surface area is 191 Å². The van der Waals surface area contributed by atoms with E-state index in [0.717, 1.165) is 24.0 Å². The Morgan fingerprint density at radius 1 is 1.12 bits per heavy atom. The highest BCUT2D eigenvalue weighted by Gasteiger charge is 2.32. The minimum atomic E-state index is -0.937. The van der Waals surface area contributed by atoms with Gasteiger partial charge in [-0.15, -0.1) is 0 Å². The number of aliphatic hydroxyl groups is 1. The first-order valence-corrected chi connectivity index (χ1v) is 11.1. The monoisotopic (exact) mass is 449 g/mol. The van der Waals surface area contributed by atoms with Crippen LogP contribution < -0.4 is 10.6 Å². The first-order chi connectivity index (χ1) is 14.9. The fourth-order valence-corrected chi connectivity index (χ4v) is 3.54. The van der Waals surface area contributed by atoms with E-state index >= 15 is 0 Å². The van der Waals surface area contributed by atoms with Crippen LogP contribution in [0.2, 0.25) is 0 Å². The smallest absolute Gasteiger partial charge is 0.408 e. The minimum absolute atomic E-state index is 0.0535. The van der Waals surface area contributed by atoms with E-state index in [4.69, 9.17) is 4.74 Å². The molecule has 0 fully saturated rings. The van der Waals surface area contributed by atoms with Gasteiger partial charge in [-0.25, -0.2) is 4.79 Å². The van der Waals surface area contributed by atoms with Crippen molar-refractivity contribution in [2.75, 3.05) is 19.7 Å². The molecule has 3 N–H and O–H groups in total. The zero-order valence-corrected chi connectivity index (χ0v) is 20.4. The molecule has 0 spiro atoms. The number of hydrogen-bond acceptors (Lipinski definition) is 5. The van der Waals surface area contributed by atoms with E-state index in [9.17, 15) is 19.5 Å². The van der Waals surface area contributed by atoms with E-state index in [1.807, 2.05) is 45.9 Å². The van der Waals surface area contributed by atoms with Gasteiger partial charge in [-0.2, -0.15) is 0 Å². The average molecular weight is 450 g/mol. The summed E-state index contributed by atoms with van der Waals surface area (Å²) < 4.78 is 5.18. The number of alkyl carbamates (subject to hydrolysis) is 1. The standard InChI is InChI=1S/C24H39N3O5/c1-8-9-18(4)26-22(30)21(19-13-16(2)12-17(3)14-19)27(10-11-28)20(29)15-25-23(31)32-24(5,6)7/h12-14,18,21,28H,8-11,15H2,1-7H3,(H,25,31)(H,26,30). The molecule has 0 aromatic heterocycles. The molecule has 3 amide bonds. The molecule has 1 aromatic rings. The predicted octanol–water partition coefficient (Wildman–Crippen LogP) is 2.99. The maximum absolute atomic E-state index is 13.3. The van der Waals surface area contributed by atoms with Crippen LogP contribution in [0.3, 0.4) is 0 Å². The van der Waals surface area contributed by atoms with Crippen molar-refractivity contribution in [2.24, 2.45) is 0 Å². The van der Waals surface area contributed by atoms with Crippen LogP contribution in [-0.4, -0.2) is 59.3 Å². The first-order valence-electron chi connectivity index (χ1n) is 11.1. The topological polar surface area (TPSA) is 108 Å². The second kappa shape index (κ2) is 12.4. The molecule has 0 aliphatic rings. The summed E-state index contributed by atoms with van der Waals surface area (Å²) in [5, 5.41) is 15.1. The third-order valence-corrected chi connectivity index (χ3v) is 4.67. The largest absolute Gasteiger partial charge is 0.444 e. The maximum Gasteiger partial charge on any atom is 0.408 e. The highest BCUT2D eigenvalue weighted by atomic mass is 16.6. The lowest BCUT2D eigenvalue weighted by molar-refractivity contribution is -0.141. The van der Waals surface area contributed by atoms with Gasteiger partial charge in [0.15, 0.2) is 0 Å². The van der Waals surface area contributed by atoms with Crippen LogP contribution in [0.15, 0.2) is 18.2 Å². The quantitative estimate of drug-likeness (QED) is 0.509. The van der Waals surface area contributed by atoms with Crippen LogP contribution in [0.4, 0.5) is 4.79 Å². The number of ether oxygens (including phenoxy) is 1. The molecule has 1 aromatic carbocycles. The molecule has 0 heterocycles. The van der Waals surface area contributed by atoms with E-state index in [-0.39, 0.29) is 31.6 Å². The summed E-state index contributed by atoms with van der Waals surface area (Å²) in [5.74, 6) is -0.817. The lowest BCUT2D eigenvalue weighted by atomic mass is 9.98. The van der Waals surface area contributed by atoms with Gasteiger partial charge >= 0.3 is 6.09 Å². The van der Waals surface area contributed by atoms with Crippen LogP contribution in [0.25, 0.3) is 0 Å². The van der Waals surface area contributed by atoms with Crippen molar-refractivity contribution in [3.8, 4) is 0 Å². The van der Waals surface area contributed by atoms with Gasteiger partial charge in [-0.3, -0.25) is 9.59 Å². The molecule has 0 saturated carbocycles. The maximum atomic E-state index is 13.3. The molecular formula is C24H39N3O5. The molecule has 2 unspecified atom stereocenters. The molecule has 0 radical (unpaired) electrons. The third kappa shape index (κ3) is 9.26. The molecular weight excluding hydrogens is 410 g/mol. The zero-order valence-electron chi connectivity index (χ0n) is 20.4. The number of carbonyl (C=O) groups is 3. The van der Waals surface area contributed by atoms with Gasteiger partial charge in [-0.1, -0.05) is 42.7 Å². The average Bonchev–Trinajstić information content (AvgIpc) is 2.63. The summed E-state index contributed by atoms with van der Waals surface area (Å²) in [7, 11) is 0. The Morgan fingerprint density at radius 3 is 2.22 bits per heavy atom. The number of aryl methyl sites for hydroxylation is 2. The van der Waals surface area contributed by atoms with Crippen LogP contribution in [0, 0.1) is 13.8 Å². The van der Waals surface area contributed by atoms with Crippen molar-refractivity contribution in [3.05, 3.63) is 34.9 Å². The summed E-state index contributed by atoms with van der Waals surface area (Å²) in [6.07, 6.45) is 0.993. The van der Waals surface area contributed by atoms with E-state index in [1.165, 1.54) is 4.90 Å². The van der Waals surface area contributed by atoms with Gasteiger partial charge in [0.1, 0.15) is 18.2 Å². The highest BCUT2D eigenvalue weighted by Crippen LogP contribution is 2.24. The van der Waals surface area contributed by atoms with Crippen LogP contribution in [0.1, 0.15) is 70.2 Å². The summed E-state index contributed by atoms with van der Waals surface area (Å²) in [5.41, 5.74) is 1.88. The predicted molar refractivity (Wildman–Crippen MR) is 124 cm³/mol. The SMILES string of the molecule is CCCC(C)NC(=O)C(c1cc(C)cc(C)c1)N(CCO)C(=O)CNC(=O)OC(C)(C)C. The molecule has 8 nitrogen and oxygen atoms in total. The third-order valence-electron chi connectivity index (χ3n) is 4.67. The summed E-state index contributed by atoms with van der Waals surface area (Å²) in [6.45, 7) is 12.3. The summed E-state index contributed by atoms with van der Waals surface area (Å²) >= 11 is 0. The first kappa shape index (κ1) is 27.4. The lowest BCUT2D eigenvalue weighted by Crippen LogP contribution is -2.50. The number of hydrogen-bond donors (Lipinski definition) is 3. The van der Waals surface area contributed by atoms with Gasteiger partial charge in [0.2, 0.25) is 11.8 Å². The van der Waals surface area contributed by atoms with Crippen molar-refractivity contribution in [1.29, 1.82) is 0 Å². The second-order valence-electron chi connectivity index (χ2n) is 9.19. The van der Waals surface area contributed by atoms with Crippen LogP contribution >= 0.6 is 0 Å². The molecule has 1 rings (SSSR count). The molecule has 32 heavy (non-hydrogen) atoms. The lowest BCUT2D eigenvalue weighted by Gasteiger charge is -2.32. The molecule has 0 bridgehead atoms. The summed E-state index contributed by atoms with van der Waals surface area (Å²) in [4.78, 5) is 39.7. The highest BCUT2D eigenvalue weighted by molar-refractivity contribution is 5.90. The van der Waals surface area contributed by atoms with Crippen molar-refractivity contribution in [2.45, 2.75) is 79.0 Å². The second-order valence-corrected chi connectivity index (χ2v) is 9.19. The fourth-order valence-electron chi connectivity index (χ4n) is 3.54. The van der Waals surface area contributed by atoms with Gasteiger partial charge < -0.3 is 25.4 Å². The molecule has 8 heteroatoms. The van der Waals surface area contributed by atoms with Crippen molar-refractivity contribution < 1.29 is 24.2 Å². The van der Waals surface area contributed by atoms with Gasteiger partial charge in [0.25, 0.3) is 0 Å². The molecule has 180 valence electrons. The van der Waals surface area contributed by atoms with Crippen molar-refractivity contribution in [1.82, 2.24) is 15.5 Å². The summed E-state index contributed by atoms with van der Waals surface area (Å²) in [6, 6.07) is 4.71. The normalized spacial score (nSPS) is 13.1. The number of nitrogens with zero attached hydrogens (tertiary/aromatic N) is 1. The molecule has 0 aliphatic carbocycles. The fraction of sp³-hybridized carbons (Fsp3) is 0.625. The number of nitrogens with one attached hydrogen (secondary N) is 2. The number of carbonyl (C=O) groups excluding carboxylic acids is 3. The van der Waals surface area contributed by atoms with Gasteiger partial charge in [0, 0.05) is 12.6 Å². The minimum Gasteiger partial charge on any atom is -0.444 e. The van der Waals surface area contributed by atoms with Crippen molar-refractivity contribution >= 4 is 17.9 Å². The van der Waals surface area contributed by atoms with E-state index in [1.54, 1.807) is 20.8 Å². The van der Waals surface area contributed by atoms with Crippen LogP contribution in [-0.2, 0) is 14.3 Å². The number of amides is 3. The Bertz CT molecular complexity index is 768.